The lowest BCUT2D eigenvalue weighted by Crippen LogP contribution is -2.47. The van der Waals surface area contributed by atoms with E-state index in [0.717, 1.165) is 12.8 Å². The van der Waals surface area contributed by atoms with E-state index in [1.54, 1.807) is 4.90 Å². The van der Waals surface area contributed by atoms with Crippen molar-refractivity contribution in [2.45, 2.75) is 43.9 Å². The van der Waals surface area contributed by atoms with Gasteiger partial charge in [-0.3, -0.25) is 5.32 Å². The van der Waals surface area contributed by atoms with Gasteiger partial charge in [-0.05, 0) is 32.2 Å². The standard InChI is InChI=1S/C12H18F3N3/c13-12(14,15)9-2-1-5-18(7-9)8-11(6-16)17-10-3-4-10/h9-11,17H,1-5,7-8H2. The Morgan fingerprint density at radius 1 is 1.33 bits per heavy atom. The molecule has 2 rings (SSSR count). The number of nitriles is 1. The van der Waals surface area contributed by atoms with Gasteiger partial charge in [0, 0.05) is 19.1 Å². The molecule has 3 nitrogen and oxygen atoms in total. The maximum Gasteiger partial charge on any atom is 0.393 e. The fraction of sp³-hybridized carbons (Fsp3) is 0.917. The Kier molecular flexibility index (Phi) is 4.13. The van der Waals surface area contributed by atoms with Crippen LogP contribution in [0, 0.1) is 17.2 Å². The highest BCUT2D eigenvalue weighted by Gasteiger charge is 2.42. The average molecular weight is 261 g/mol. The molecule has 6 heteroatoms. The third-order valence-corrected chi connectivity index (χ3v) is 3.58. The van der Waals surface area contributed by atoms with Crippen LogP contribution >= 0.6 is 0 Å². The second-order valence-corrected chi connectivity index (χ2v) is 5.26. The molecule has 1 saturated carbocycles. The molecule has 18 heavy (non-hydrogen) atoms. The minimum Gasteiger partial charge on any atom is -0.300 e. The number of alkyl halides is 3. The Morgan fingerprint density at radius 3 is 2.61 bits per heavy atom. The molecular formula is C12H18F3N3. The van der Waals surface area contributed by atoms with Crippen LogP contribution in [0.4, 0.5) is 13.2 Å². The molecule has 1 heterocycles. The van der Waals surface area contributed by atoms with Gasteiger partial charge in [0.15, 0.2) is 0 Å². The molecule has 1 aliphatic heterocycles. The summed E-state index contributed by atoms with van der Waals surface area (Å²) in [6.45, 7) is 1.10. The zero-order chi connectivity index (χ0) is 13.2. The zero-order valence-corrected chi connectivity index (χ0v) is 10.2. The summed E-state index contributed by atoms with van der Waals surface area (Å²) in [6.07, 6.45) is -1.18. The molecule has 2 atom stereocenters. The molecule has 2 aliphatic rings. The predicted molar refractivity (Wildman–Crippen MR) is 60.8 cm³/mol. The number of rotatable bonds is 4. The number of hydrogen-bond acceptors (Lipinski definition) is 3. The van der Waals surface area contributed by atoms with E-state index in [2.05, 4.69) is 11.4 Å². The number of nitrogens with zero attached hydrogens (tertiary/aromatic N) is 2. The van der Waals surface area contributed by atoms with Gasteiger partial charge in [0.1, 0.15) is 6.04 Å². The molecule has 1 aliphatic carbocycles. The Bertz CT molecular complexity index is 320. The van der Waals surface area contributed by atoms with Crippen LogP contribution in [-0.4, -0.2) is 42.8 Å². The molecule has 0 aromatic carbocycles. The van der Waals surface area contributed by atoms with Gasteiger partial charge >= 0.3 is 6.18 Å². The van der Waals surface area contributed by atoms with Crippen LogP contribution in [0.2, 0.25) is 0 Å². The molecule has 102 valence electrons. The molecule has 0 amide bonds. The molecule has 2 unspecified atom stereocenters. The Morgan fingerprint density at radius 2 is 2.06 bits per heavy atom. The highest BCUT2D eigenvalue weighted by Crippen LogP contribution is 2.33. The normalized spacial score (nSPS) is 27.8. The van der Waals surface area contributed by atoms with E-state index >= 15 is 0 Å². The van der Waals surface area contributed by atoms with Gasteiger partial charge in [-0.1, -0.05) is 0 Å². The van der Waals surface area contributed by atoms with E-state index in [-0.39, 0.29) is 19.0 Å². The van der Waals surface area contributed by atoms with Crippen molar-refractivity contribution < 1.29 is 13.2 Å². The minimum atomic E-state index is -4.11. The van der Waals surface area contributed by atoms with E-state index in [9.17, 15) is 13.2 Å². The molecule has 1 N–H and O–H groups in total. The summed E-state index contributed by atoms with van der Waals surface area (Å²) in [7, 11) is 0. The summed E-state index contributed by atoms with van der Waals surface area (Å²) in [5.74, 6) is -1.23. The van der Waals surface area contributed by atoms with E-state index < -0.39 is 12.1 Å². The fourth-order valence-corrected chi connectivity index (χ4v) is 2.41. The largest absolute Gasteiger partial charge is 0.393 e. The topological polar surface area (TPSA) is 39.1 Å². The van der Waals surface area contributed by atoms with Gasteiger partial charge in [-0.25, -0.2) is 0 Å². The Balaban J connectivity index is 1.82. The van der Waals surface area contributed by atoms with E-state index in [0.29, 0.717) is 25.6 Å². The molecule has 0 spiro atoms. The number of nitrogens with one attached hydrogen (secondary N) is 1. The van der Waals surface area contributed by atoms with Crippen molar-refractivity contribution in [2.24, 2.45) is 5.92 Å². The van der Waals surface area contributed by atoms with Crippen LogP contribution in [0.5, 0.6) is 0 Å². The lowest BCUT2D eigenvalue weighted by molar-refractivity contribution is -0.186. The van der Waals surface area contributed by atoms with Crippen molar-refractivity contribution in [3.63, 3.8) is 0 Å². The van der Waals surface area contributed by atoms with Crippen molar-refractivity contribution >= 4 is 0 Å². The van der Waals surface area contributed by atoms with Crippen LogP contribution < -0.4 is 5.32 Å². The average Bonchev–Trinajstić information content (AvgIpc) is 3.11. The first kappa shape index (κ1) is 13.6. The highest BCUT2D eigenvalue weighted by molar-refractivity contribution is 4.98. The maximum absolute atomic E-state index is 12.6. The second kappa shape index (κ2) is 5.45. The number of hydrogen-bond donors (Lipinski definition) is 1. The van der Waals surface area contributed by atoms with Gasteiger partial charge in [-0.15, -0.1) is 0 Å². The van der Waals surface area contributed by atoms with Crippen molar-refractivity contribution in [2.75, 3.05) is 19.6 Å². The molecule has 0 bridgehead atoms. The summed E-state index contributed by atoms with van der Waals surface area (Å²) in [5.41, 5.74) is 0. The summed E-state index contributed by atoms with van der Waals surface area (Å²) in [6, 6.07) is 2.20. The summed E-state index contributed by atoms with van der Waals surface area (Å²) in [5, 5.41) is 12.2. The van der Waals surface area contributed by atoms with Gasteiger partial charge in [0.2, 0.25) is 0 Å². The van der Waals surface area contributed by atoms with Crippen molar-refractivity contribution in [3.8, 4) is 6.07 Å². The number of likely N-dealkylation sites (tertiary alicyclic amines) is 1. The van der Waals surface area contributed by atoms with E-state index in [4.69, 9.17) is 5.26 Å². The second-order valence-electron chi connectivity index (χ2n) is 5.26. The first-order chi connectivity index (χ1) is 8.49. The lowest BCUT2D eigenvalue weighted by Gasteiger charge is -2.34. The molecule has 0 aromatic rings. The third kappa shape index (κ3) is 3.85. The van der Waals surface area contributed by atoms with Gasteiger partial charge in [0.05, 0.1) is 12.0 Å². The monoisotopic (exact) mass is 261 g/mol. The SMILES string of the molecule is N#CC(CN1CCCC(C(F)(F)F)C1)NC1CC1. The van der Waals surface area contributed by atoms with Crippen LogP contribution in [0.1, 0.15) is 25.7 Å². The smallest absolute Gasteiger partial charge is 0.300 e. The van der Waals surface area contributed by atoms with Gasteiger partial charge in [-0.2, -0.15) is 18.4 Å². The Labute approximate surface area is 105 Å². The molecule has 0 radical (unpaired) electrons. The first-order valence-electron chi connectivity index (χ1n) is 6.44. The fourth-order valence-electron chi connectivity index (χ4n) is 2.41. The summed E-state index contributed by atoms with van der Waals surface area (Å²) >= 11 is 0. The first-order valence-corrected chi connectivity index (χ1v) is 6.44. The summed E-state index contributed by atoms with van der Waals surface area (Å²) < 4.78 is 37.9. The quantitative estimate of drug-likeness (QED) is 0.840. The Hall–Kier alpha value is -0.800. The summed E-state index contributed by atoms with van der Waals surface area (Å²) in [4.78, 5) is 1.77. The van der Waals surface area contributed by atoms with Crippen molar-refractivity contribution in [1.29, 1.82) is 5.26 Å². The molecular weight excluding hydrogens is 243 g/mol. The van der Waals surface area contributed by atoms with Crippen molar-refractivity contribution in [3.05, 3.63) is 0 Å². The number of piperidine rings is 1. The van der Waals surface area contributed by atoms with Crippen LogP contribution in [-0.2, 0) is 0 Å². The van der Waals surface area contributed by atoms with Crippen molar-refractivity contribution in [1.82, 2.24) is 10.2 Å². The molecule has 1 saturated heterocycles. The molecule has 2 fully saturated rings. The zero-order valence-electron chi connectivity index (χ0n) is 10.2. The molecule has 0 aromatic heterocycles. The van der Waals surface area contributed by atoms with Gasteiger partial charge in [0.25, 0.3) is 0 Å². The van der Waals surface area contributed by atoms with Crippen LogP contribution in [0.25, 0.3) is 0 Å². The van der Waals surface area contributed by atoms with Crippen LogP contribution in [0.3, 0.4) is 0 Å². The van der Waals surface area contributed by atoms with E-state index in [1.165, 1.54) is 0 Å². The minimum absolute atomic E-state index is 0.0357. The van der Waals surface area contributed by atoms with Gasteiger partial charge < -0.3 is 4.90 Å². The lowest BCUT2D eigenvalue weighted by atomic mass is 9.97. The third-order valence-electron chi connectivity index (χ3n) is 3.58. The number of halogens is 3. The van der Waals surface area contributed by atoms with Crippen LogP contribution in [0.15, 0.2) is 0 Å². The highest BCUT2D eigenvalue weighted by atomic mass is 19.4. The predicted octanol–water partition coefficient (Wildman–Crippen LogP) is 1.90. The maximum atomic E-state index is 12.6. The van der Waals surface area contributed by atoms with E-state index in [1.807, 2.05) is 0 Å².